The summed E-state index contributed by atoms with van der Waals surface area (Å²) in [6.07, 6.45) is 4.92. The van der Waals surface area contributed by atoms with E-state index in [9.17, 15) is 8.78 Å². The molecular weight excluding hydrogens is 376 g/mol. The lowest BCUT2D eigenvalue weighted by molar-refractivity contribution is 0.588. The number of rotatable bonds is 4. The molecule has 0 aliphatic carbocycles. The van der Waals surface area contributed by atoms with Crippen molar-refractivity contribution in [1.82, 2.24) is 15.6 Å². The van der Waals surface area contributed by atoms with Crippen molar-refractivity contribution in [2.75, 3.05) is 19.8 Å². The standard InChI is InChI=1S/C13H12F2N2.C7H13NS.C2H6/c14-9-2-1-3-10(15)13(9)12-6-8-7-16-5-4-11(8)17-12;1-6(2)5-7(8-3)9-4;1-2/h1-3,6,16-17H,4-5,7H2;5,8H,1H2,2-4H3;1-2H3/b;7-5+;. The van der Waals surface area contributed by atoms with Crippen molar-refractivity contribution < 1.29 is 8.78 Å². The van der Waals surface area contributed by atoms with E-state index in [1.54, 1.807) is 11.8 Å². The Morgan fingerprint density at radius 2 is 1.89 bits per heavy atom. The molecule has 0 atom stereocenters. The number of aromatic amines is 1. The average molecular weight is 408 g/mol. The van der Waals surface area contributed by atoms with E-state index in [1.807, 2.05) is 46.2 Å². The molecule has 1 aromatic heterocycles. The van der Waals surface area contributed by atoms with Crippen LogP contribution >= 0.6 is 11.8 Å². The van der Waals surface area contributed by atoms with E-state index in [4.69, 9.17) is 0 Å². The number of hydrogen-bond donors (Lipinski definition) is 3. The highest BCUT2D eigenvalue weighted by Gasteiger charge is 2.17. The van der Waals surface area contributed by atoms with E-state index in [-0.39, 0.29) is 5.56 Å². The van der Waals surface area contributed by atoms with Crippen molar-refractivity contribution in [3.8, 4) is 11.3 Å². The van der Waals surface area contributed by atoms with Crippen molar-refractivity contribution in [1.29, 1.82) is 0 Å². The van der Waals surface area contributed by atoms with Gasteiger partial charge in [-0.1, -0.05) is 32.1 Å². The van der Waals surface area contributed by atoms with Crippen molar-refractivity contribution in [3.05, 3.63) is 70.4 Å². The van der Waals surface area contributed by atoms with Crippen LogP contribution in [-0.4, -0.2) is 24.8 Å². The van der Waals surface area contributed by atoms with E-state index >= 15 is 0 Å². The van der Waals surface area contributed by atoms with Gasteiger partial charge in [-0.2, -0.15) is 0 Å². The zero-order valence-electron chi connectivity index (χ0n) is 17.4. The molecule has 3 rings (SSSR count). The number of aromatic nitrogens is 1. The number of H-pyrrole nitrogens is 1. The average Bonchev–Trinajstić information content (AvgIpc) is 3.11. The molecule has 1 aliphatic rings. The van der Waals surface area contributed by atoms with Gasteiger partial charge >= 0.3 is 0 Å². The zero-order valence-corrected chi connectivity index (χ0v) is 18.2. The Labute approximate surface area is 171 Å². The molecule has 2 heterocycles. The second kappa shape index (κ2) is 12.4. The van der Waals surface area contributed by atoms with Crippen molar-refractivity contribution in [3.63, 3.8) is 0 Å². The lowest BCUT2D eigenvalue weighted by Crippen LogP contribution is -2.22. The number of allylic oxidation sites excluding steroid dienone is 2. The highest BCUT2D eigenvalue weighted by molar-refractivity contribution is 8.02. The molecule has 0 fully saturated rings. The first-order chi connectivity index (χ1) is 13.5. The first-order valence-electron chi connectivity index (χ1n) is 9.41. The summed E-state index contributed by atoms with van der Waals surface area (Å²) in [5, 5.41) is 7.43. The van der Waals surface area contributed by atoms with E-state index in [2.05, 4.69) is 22.2 Å². The summed E-state index contributed by atoms with van der Waals surface area (Å²) in [7, 11) is 1.91. The molecule has 0 spiro atoms. The summed E-state index contributed by atoms with van der Waals surface area (Å²) < 4.78 is 27.3. The molecule has 154 valence electrons. The molecule has 0 radical (unpaired) electrons. The second-order valence-corrected chi connectivity index (χ2v) is 6.87. The Kier molecular flexibility index (Phi) is 10.6. The molecule has 6 heteroatoms. The molecule has 2 aromatic rings. The fourth-order valence-corrected chi connectivity index (χ4v) is 3.23. The van der Waals surface area contributed by atoms with Gasteiger partial charge in [0, 0.05) is 32.3 Å². The second-order valence-electron chi connectivity index (χ2n) is 6.02. The summed E-state index contributed by atoms with van der Waals surface area (Å²) in [6, 6.07) is 5.74. The van der Waals surface area contributed by atoms with Crippen LogP contribution in [-0.2, 0) is 13.0 Å². The Bertz CT molecular complexity index is 747. The lowest BCUT2D eigenvalue weighted by atomic mass is 10.1. The van der Waals surface area contributed by atoms with E-state index in [1.165, 1.54) is 18.2 Å². The first kappa shape index (κ1) is 24.0. The Morgan fingerprint density at radius 1 is 1.25 bits per heavy atom. The molecule has 3 N–H and O–H groups in total. The number of fused-ring (bicyclic) bond motifs is 1. The highest BCUT2D eigenvalue weighted by atomic mass is 32.2. The third-order valence-electron chi connectivity index (χ3n) is 3.93. The highest BCUT2D eigenvalue weighted by Crippen LogP contribution is 2.28. The molecule has 0 bridgehead atoms. The summed E-state index contributed by atoms with van der Waals surface area (Å²) in [6.45, 7) is 11.4. The van der Waals surface area contributed by atoms with Crippen LogP contribution in [0.15, 0.2) is 47.5 Å². The fourth-order valence-electron chi connectivity index (χ4n) is 2.70. The van der Waals surface area contributed by atoms with Gasteiger partial charge in [0.15, 0.2) is 0 Å². The first-order valence-corrected chi connectivity index (χ1v) is 10.6. The van der Waals surface area contributed by atoms with Gasteiger partial charge in [0.2, 0.25) is 0 Å². The predicted octanol–water partition coefficient (Wildman–Crippen LogP) is 5.62. The summed E-state index contributed by atoms with van der Waals surface area (Å²) in [4.78, 5) is 3.11. The van der Waals surface area contributed by atoms with Gasteiger partial charge in [-0.25, -0.2) is 8.78 Å². The smallest absolute Gasteiger partial charge is 0.135 e. The van der Waals surface area contributed by atoms with Gasteiger partial charge in [-0.15, -0.1) is 11.8 Å². The predicted molar refractivity (Wildman–Crippen MR) is 118 cm³/mol. The molecule has 3 nitrogen and oxygen atoms in total. The number of benzene rings is 1. The fraction of sp³-hybridized carbons (Fsp3) is 0.364. The van der Waals surface area contributed by atoms with Crippen LogP contribution in [0.2, 0.25) is 0 Å². The number of hydrogen-bond acceptors (Lipinski definition) is 3. The van der Waals surface area contributed by atoms with E-state index in [0.29, 0.717) is 5.69 Å². The van der Waals surface area contributed by atoms with Gasteiger partial charge < -0.3 is 15.6 Å². The molecule has 1 aromatic carbocycles. The lowest BCUT2D eigenvalue weighted by Gasteiger charge is -2.11. The largest absolute Gasteiger partial charge is 0.383 e. The van der Waals surface area contributed by atoms with Crippen LogP contribution in [0.3, 0.4) is 0 Å². The third-order valence-corrected chi connectivity index (χ3v) is 4.70. The van der Waals surface area contributed by atoms with Crippen LogP contribution in [0.5, 0.6) is 0 Å². The molecule has 28 heavy (non-hydrogen) atoms. The minimum atomic E-state index is -0.531. The van der Waals surface area contributed by atoms with Gasteiger partial charge in [-0.3, -0.25) is 0 Å². The van der Waals surface area contributed by atoms with Crippen molar-refractivity contribution in [2.45, 2.75) is 33.7 Å². The number of thioether (sulfide) groups is 1. The van der Waals surface area contributed by atoms with Crippen LogP contribution in [0.1, 0.15) is 32.0 Å². The van der Waals surface area contributed by atoms with Crippen LogP contribution in [0.4, 0.5) is 8.78 Å². The monoisotopic (exact) mass is 407 g/mol. The number of halogens is 2. The van der Waals surface area contributed by atoms with E-state index in [0.717, 1.165) is 41.4 Å². The van der Waals surface area contributed by atoms with Crippen molar-refractivity contribution in [2.24, 2.45) is 0 Å². The number of nitrogens with one attached hydrogen (secondary N) is 3. The minimum Gasteiger partial charge on any atom is -0.383 e. The minimum absolute atomic E-state index is 0.0295. The normalized spacial score (nSPS) is 12.8. The van der Waals surface area contributed by atoms with Gasteiger partial charge in [0.1, 0.15) is 11.6 Å². The van der Waals surface area contributed by atoms with Crippen LogP contribution in [0.25, 0.3) is 11.3 Å². The molecule has 0 amide bonds. The molecule has 0 saturated carbocycles. The van der Waals surface area contributed by atoms with Gasteiger partial charge in [0.25, 0.3) is 0 Å². The SMILES string of the molecule is C=C(C)/C=C(\NC)SC.CC.Fc1cccc(F)c1-c1cc2c([nH]1)CCNC2. The van der Waals surface area contributed by atoms with Gasteiger partial charge in [-0.05, 0) is 43.0 Å². The summed E-state index contributed by atoms with van der Waals surface area (Å²) >= 11 is 1.69. The Hall–Kier alpha value is -2.05. The molecular formula is C22H31F2N3S. The maximum atomic E-state index is 13.6. The van der Waals surface area contributed by atoms with Gasteiger partial charge in [0.05, 0.1) is 16.3 Å². The van der Waals surface area contributed by atoms with Crippen LogP contribution in [0, 0.1) is 11.6 Å². The Balaban J connectivity index is 0.000000306. The maximum Gasteiger partial charge on any atom is 0.135 e. The van der Waals surface area contributed by atoms with Crippen molar-refractivity contribution >= 4 is 11.8 Å². The van der Waals surface area contributed by atoms with Crippen LogP contribution < -0.4 is 10.6 Å². The molecule has 0 saturated heterocycles. The summed E-state index contributed by atoms with van der Waals surface area (Å²) in [5.74, 6) is -1.06. The third kappa shape index (κ3) is 6.84. The maximum absolute atomic E-state index is 13.6. The topological polar surface area (TPSA) is 39.9 Å². The quantitative estimate of drug-likeness (QED) is 0.576. The molecule has 0 unspecified atom stereocenters. The Morgan fingerprint density at radius 3 is 2.36 bits per heavy atom. The van der Waals surface area contributed by atoms with E-state index < -0.39 is 11.6 Å². The zero-order chi connectivity index (χ0) is 21.1. The summed E-state index contributed by atoms with van der Waals surface area (Å²) in [5.41, 5.74) is 3.79. The molecule has 1 aliphatic heterocycles.